The van der Waals surface area contributed by atoms with E-state index in [1.165, 1.54) is 0 Å². The van der Waals surface area contributed by atoms with Crippen molar-refractivity contribution in [1.82, 2.24) is 14.9 Å². The molecule has 0 radical (unpaired) electrons. The molecular formula is C15H23ClN4O2. The molecule has 1 atom stereocenters. The van der Waals surface area contributed by atoms with Gasteiger partial charge in [0, 0.05) is 19.3 Å². The highest BCUT2D eigenvalue weighted by atomic mass is 35.5. The monoisotopic (exact) mass is 326 g/mol. The predicted octanol–water partition coefficient (Wildman–Crippen LogP) is 3.33. The lowest BCUT2D eigenvalue weighted by atomic mass is 10.0. The Bertz CT molecular complexity index is 519. The van der Waals surface area contributed by atoms with Crippen LogP contribution in [0.1, 0.15) is 40.0 Å². The molecule has 0 saturated carbocycles. The SMILES string of the molecule is CC(C)(C)OC(=O)N1CCCC[C@@H]1CNc1ccnc(Cl)n1. The van der Waals surface area contributed by atoms with Crippen molar-refractivity contribution in [2.24, 2.45) is 0 Å². The largest absolute Gasteiger partial charge is 0.444 e. The molecule has 1 amide bonds. The van der Waals surface area contributed by atoms with Crippen LogP contribution in [0.3, 0.4) is 0 Å². The first-order chi connectivity index (χ1) is 10.3. The van der Waals surface area contributed by atoms with Gasteiger partial charge in [0.2, 0.25) is 5.28 Å². The van der Waals surface area contributed by atoms with Crippen molar-refractivity contribution >= 4 is 23.5 Å². The van der Waals surface area contributed by atoms with Crippen molar-refractivity contribution < 1.29 is 9.53 Å². The van der Waals surface area contributed by atoms with Crippen LogP contribution in [0.5, 0.6) is 0 Å². The minimum atomic E-state index is -0.479. The zero-order valence-electron chi connectivity index (χ0n) is 13.3. The van der Waals surface area contributed by atoms with Crippen LogP contribution < -0.4 is 5.32 Å². The molecule has 1 fully saturated rings. The number of nitrogens with one attached hydrogen (secondary N) is 1. The van der Waals surface area contributed by atoms with Gasteiger partial charge in [0.1, 0.15) is 11.4 Å². The van der Waals surface area contributed by atoms with E-state index in [0.717, 1.165) is 25.8 Å². The molecule has 1 N–H and O–H groups in total. The number of aromatic nitrogens is 2. The van der Waals surface area contributed by atoms with E-state index < -0.39 is 5.60 Å². The lowest BCUT2D eigenvalue weighted by Crippen LogP contribution is -2.48. The fourth-order valence-electron chi connectivity index (χ4n) is 2.43. The third-order valence-corrected chi connectivity index (χ3v) is 3.58. The molecule has 0 aliphatic carbocycles. The maximum Gasteiger partial charge on any atom is 0.410 e. The number of anilines is 1. The maximum atomic E-state index is 12.3. The average Bonchev–Trinajstić information content (AvgIpc) is 2.44. The van der Waals surface area contributed by atoms with Gasteiger partial charge in [0.15, 0.2) is 0 Å². The van der Waals surface area contributed by atoms with Gasteiger partial charge >= 0.3 is 6.09 Å². The second-order valence-electron chi connectivity index (χ2n) is 6.42. The molecule has 0 bridgehead atoms. The number of ether oxygens (including phenoxy) is 1. The summed E-state index contributed by atoms with van der Waals surface area (Å²) in [7, 11) is 0. The van der Waals surface area contributed by atoms with E-state index in [-0.39, 0.29) is 17.4 Å². The molecule has 6 nitrogen and oxygen atoms in total. The Morgan fingerprint density at radius 1 is 1.50 bits per heavy atom. The number of hydrogen-bond donors (Lipinski definition) is 1. The van der Waals surface area contributed by atoms with Crippen molar-refractivity contribution in [3.63, 3.8) is 0 Å². The van der Waals surface area contributed by atoms with Gasteiger partial charge in [0.05, 0.1) is 6.04 Å². The summed E-state index contributed by atoms with van der Waals surface area (Å²) in [6.07, 6.45) is 4.42. The number of nitrogens with zero attached hydrogens (tertiary/aromatic N) is 3. The first-order valence-corrected chi connectivity index (χ1v) is 7.95. The smallest absolute Gasteiger partial charge is 0.410 e. The van der Waals surface area contributed by atoms with Crippen molar-refractivity contribution in [3.05, 3.63) is 17.5 Å². The molecular weight excluding hydrogens is 304 g/mol. The number of carbonyl (C=O) groups is 1. The number of carbonyl (C=O) groups excluding carboxylic acids is 1. The number of likely N-dealkylation sites (tertiary alicyclic amines) is 1. The first-order valence-electron chi connectivity index (χ1n) is 7.57. The molecule has 1 aliphatic heterocycles. The van der Waals surface area contributed by atoms with Gasteiger partial charge in [-0.1, -0.05) is 0 Å². The standard InChI is InChI=1S/C15H23ClN4O2/c1-15(2,3)22-14(21)20-9-5-4-6-11(20)10-18-12-7-8-17-13(16)19-12/h7-8,11H,4-6,9-10H2,1-3H3,(H,17,18,19)/t11-/m1/s1. The number of amides is 1. The summed E-state index contributed by atoms with van der Waals surface area (Å²) >= 11 is 5.77. The Morgan fingerprint density at radius 2 is 2.27 bits per heavy atom. The Balaban J connectivity index is 1.96. The second kappa shape index (κ2) is 7.13. The highest BCUT2D eigenvalue weighted by Crippen LogP contribution is 2.21. The van der Waals surface area contributed by atoms with E-state index in [4.69, 9.17) is 16.3 Å². The lowest BCUT2D eigenvalue weighted by molar-refractivity contribution is 0.0114. The fourth-order valence-corrected chi connectivity index (χ4v) is 2.58. The van der Waals surface area contributed by atoms with Crippen LogP contribution in [0.15, 0.2) is 12.3 Å². The Kier molecular flexibility index (Phi) is 5.45. The van der Waals surface area contributed by atoms with Gasteiger partial charge < -0.3 is 15.0 Å². The minimum Gasteiger partial charge on any atom is -0.444 e. The number of piperidine rings is 1. The summed E-state index contributed by atoms with van der Waals surface area (Å²) in [5.74, 6) is 0.662. The molecule has 1 aliphatic rings. The van der Waals surface area contributed by atoms with E-state index in [0.29, 0.717) is 12.4 Å². The molecule has 2 rings (SSSR count). The van der Waals surface area contributed by atoms with Crippen molar-refractivity contribution in [3.8, 4) is 0 Å². The van der Waals surface area contributed by atoms with Crippen LogP contribution in [0.25, 0.3) is 0 Å². The third kappa shape index (κ3) is 5.02. The summed E-state index contributed by atoms with van der Waals surface area (Å²) in [5.41, 5.74) is -0.479. The van der Waals surface area contributed by atoms with Gasteiger partial charge in [-0.2, -0.15) is 0 Å². The predicted molar refractivity (Wildman–Crippen MR) is 86.1 cm³/mol. The van der Waals surface area contributed by atoms with Crippen LogP contribution in [-0.4, -0.2) is 45.7 Å². The molecule has 1 saturated heterocycles. The first kappa shape index (κ1) is 16.8. The topological polar surface area (TPSA) is 67.3 Å². The van der Waals surface area contributed by atoms with Gasteiger partial charge in [-0.25, -0.2) is 14.8 Å². The molecule has 0 aromatic carbocycles. The van der Waals surface area contributed by atoms with Gasteiger partial charge in [0.25, 0.3) is 0 Å². The Labute approximate surface area is 136 Å². The average molecular weight is 327 g/mol. The molecule has 0 unspecified atom stereocenters. The van der Waals surface area contributed by atoms with E-state index in [1.54, 1.807) is 12.3 Å². The van der Waals surface area contributed by atoms with Crippen LogP contribution in [-0.2, 0) is 4.74 Å². The van der Waals surface area contributed by atoms with Crippen molar-refractivity contribution in [2.45, 2.75) is 51.7 Å². The second-order valence-corrected chi connectivity index (χ2v) is 6.75. The van der Waals surface area contributed by atoms with Gasteiger partial charge in [-0.15, -0.1) is 0 Å². The molecule has 122 valence electrons. The zero-order valence-corrected chi connectivity index (χ0v) is 14.1. The van der Waals surface area contributed by atoms with Crippen LogP contribution in [0, 0.1) is 0 Å². The molecule has 22 heavy (non-hydrogen) atoms. The van der Waals surface area contributed by atoms with Crippen molar-refractivity contribution in [1.29, 1.82) is 0 Å². The van der Waals surface area contributed by atoms with Crippen LogP contribution in [0.2, 0.25) is 5.28 Å². The molecule has 1 aromatic rings. The van der Waals surface area contributed by atoms with Crippen LogP contribution in [0.4, 0.5) is 10.6 Å². The van der Waals surface area contributed by atoms with Gasteiger partial charge in [-0.05, 0) is 57.7 Å². The fraction of sp³-hybridized carbons (Fsp3) is 0.667. The molecule has 0 spiro atoms. The summed E-state index contributed by atoms with van der Waals surface area (Å²) in [4.78, 5) is 22.1. The lowest BCUT2D eigenvalue weighted by Gasteiger charge is -2.36. The normalized spacial score (nSPS) is 18.9. The molecule has 1 aromatic heterocycles. The maximum absolute atomic E-state index is 12.3. The number of halogens is 1. The quantitative estimate of drug-likeness (QED) is 0.863. The zero-order chi connectivity index (χ0) is 16.2. The third-order valence-electron chi connectivity index (χ3n) is 3.40. The summed E-state index contributed by atoms with van der Waals surface area (Å²) in [5, 5.41) is 3.42. The Hall–Kier alpha value is -1.56. The number of hydrogen-bond acceptors (Lipinski definition) is 5. The van der Waals surface area contributed by atoms with Crippen molar-refractivity contribution in [2.75, 3.05) is 18.4 Å². The molecule has 7 heteroatoms. The summed E-state index contributed by atoms with van der Waals surface area (Å²) in [6.45, 7) is 6.99. The molecule has 2 heterocycles. The summed E-state index contributed by atoms with van der Waals surface area (Å²) < 4.78 is 5.49. The number of rotatable bonds is 3. The van der Waals surface area contributed by atoms with E-state index in [2.05, 4.69) is 15.3 Å². The Morgan fingerprint density at radius 3 is 2.95 bits per heavy atom. The van der Waals surface area contributed by atoms with E-state index in [9.17, 15) is 4.79 Å². The highest BCUT2D eigenvalue weighted by molar-refractivity contribution is 6.28. The van der Waals surface area contributed by atoms with Gasteiger partial charge in [-0.3, -0.25) is 0 Å². The highest BCUT2D eigenvalue weighted by Gasteiger charge is 2.30. The van der Waals surface area contributed by atoms with E-state index in [1.807, 2.05) is 25.7 Å². The van der Waals surface area contributed by atoms with E-state index >= 15 is 0 Å². The summed E-state index contributed by atoms with van der Waals surface area (Å²) in [6, 6.07) is 1.85. The van der Waals surface area contributed by atoms with Crippen LogP contribution >= 0.6 is 11.6 Å². The minimum absolute atomic E-state index is 0.0948.